The number of hydrogen-bond donors (Lipinski definition) is 1. The van der Waals surface area contributed by atoms with Crippen molar-refractivity contribution in [2.24, 2.45) is 0 Å². The van der Waals surface area contributed by atoms with Crippen molar-refractivity contribution in [1.82, 2.24) is 24.7 Å². The van der Waals surface area contributed by atoms with Gasteiger partial charge in [0, 0.05) is 45.0 Å². The lowest BCUT2D eigenvalue weighted by Gasteiger charge is -2.33. The summed E-state index contributed by atoms with van der Waals surface area (Å²) in [6.45, 7) is 7.55. The molecule has 0 aliphatic carbocycles. The lowest BCUT2D eigenvalue weighted by molar-refractivity contribution is -0.130. The number of rotatable bonds is 7. The van der Waals surface area contributed by atoms with Crippen LogP contribution in [-0.2, 0) is 11.3 Å². The van der Waals surface area contributed by atoms with Gasteiger partial charge in [-0.05, 0) is 39.2 Å². The number of benzene rings is 1. The minimum Gasteiger partial charge on any atom is -0.369 e. The highest BCUT2D eigenvalue weighted by Crippen LogP contribution is 2.21. The number of hydrogen-bond acceptors (Lipinski definition) is 6. The summed E-state index contributed by atoms with van der Waals surface area (Å²) in [5.41, 5.74) is 0.972. The Hall–Kier alpha value is -2.25. The van der Waals surface area contributed by atoms with E-state index < -0.39 is 0 Å². The normalized spacial score (nSPS) is 15.5. The fourth-order valence-electron chi connectivity index (χ4n) is 3.35. The van der Waals surface area contributed by atoms with Crippen LogP contribution in [-0.4, -0.2) is 83.9 Å². The number of piperazine rings is 1. The lowest BCUT2D eigenvalue weighted by Crippen LogP contribution is -2.47. The second-order valence-corrected chi connectivity index (χ2v) is 7.37. The first-order valence-electron chi connectivity index (χ1n) is 9.65. The molecule has 1 aliphatic rings. The van der Waals surface area contributed by atoms with Crippen LogP contribution in [0.1, 0.15) is 19.2 Å². The topological polar surface area (TPSA) is 64.6 Å². The van der Waals surface area contributed by atoms with Gasteiger partial charge in [-0.1, -0.05) is 12.1 Å². The maximum absolute atomic E-state index is 11.5. The Labute approximate surface area is 161 Å². The van der Waals surface area contributed by atoms with Gasteiger partial charge in [-0.25, -0.2) is 9.97 Å². The highest BCUT2D eigenvalue weighted by atomic mass is 16.2. The number of amides is 1. The van der Waals surface area contributed by atoms with Gasteiger partial charge in [0.05, 0.1) is 12.1 Å². The number of fused-ring (bicyclic) bond motifs is 1. The third kappa shape index (κ3) is 5.37. The van der Waals surface area contributed by atoms with Crippen molar-refractivity contribution in [1.29, 1.82) is 0 Å². The van der Waals surface area contributed by atoms with Crippen molar-refractivity contribution < 1.29 is 4.79 Å². The number of carbonyl (C=O) groups excluding carboxylic acids is 1. The molecule has 3 rings (SSSR count). The van der Waals surface area contributed by atoms with Crippen molar-refractivity contribution >= 4 is 22.6 Å². The molecule has 0 unspecified atom stereocenters. The smallest absolute Gasteiger partial charge is 0.219 e. The van der Waals surface area contributed by atoms with Crippen LogP contribution in [0.25, 0.3) is 10.9 Å². The van der Waals surface area contributed by atoms with E-state index in [1.54, 1.807) is 6.92 Å². The standard InChI is InChI=1S/C20H30N6O/c1-16(27)26-13-11-25(12-14-26)15-19-22-18-8-5-4-7-17(18)20(23-19)21-9-6-10-24(2)3/h4-5,7-8H,6,9-15H2,1-3H3,(H,21,22,23). The molecule has 0 radical (unpaired) electrons. The van der Waals surface area contributed by atoms with E-state index in [1.165, 1.54) is 0 Å². The van der Waals surface area contributed by atoms with Crippen LogP contribution in [0.15, 0.2) is 24.3 Å². The predicted octanol–water partition coefficient (Wildman–Crippen LogP) is 1.66. The Balaban J connectivity index is 1.69. The van der Waals surface area contributed by atoms with Crippen LogP contribution < -0.4 is 5.32 Å². The fourth-order valence-corrected chi connectivity index (χ4v) is 3.35. The maximum atomic E-state index is 11.5. The van der Waals surface area contributed by atoms with Crippen LogP contribution in [0, 0.1) is 0 Å². The van der Waals surface area contributed by atoms with E-state index in [4.69, 9.17) is 9.97 Å². The van der Waals surface area contributed by atoms with Crippen molar-refractivity contribution in [3.8, 4) is 0 Å². The molecule has 0 bridgehead atoms. The van der Waals surface area contributed by atoms with Crippen LogP contribution in [0.3, 0.4) is 0 Å². The molecule has 0 spiro atoms. The Morgan fingerprint density at radius 2 is 1.89 bits per heavy atom. The zero-order valence-corrected chi connectivity index (χ0v) is 16.6. The van der Waals surface area contributed by atoms with Gasteiger partial charge < -0.3 is 15.1 Å². The monoisotopic (exact) mass is 370 g/mol. The Kier molecular flexibility index (Phi) is 6.58. The molecule has 146 valence electrons. The first-order valence-corrected chi connectivity index (χ1v) is 9.65. The molecular formula is C20H30N6O. The summed E-state index contributed by atoms with van der Waals surface area (Å²) in [6.07, 6.45) is 1.06. The molecule has 2 heterocycles. The second kappa shape index (κ2) is 9.10. The molecule has 1 aliphatic heterocycles. The van der Waals surface area contributed by atoms with Crippen molar-refractivity contribution in [2.75, 3.05) is 58.7 Å². The molecule has 0 saturated carbocycles. The van der Waals surface area contributed by atoms with Crippen LogP contribution in [0.4, 0.5) is 5.82 Å². The highest BCUT2D eigenvalue weighted by molar-refractivity contribution is 5.88. The molecule has 2 aromatic rings. The summed E-state index contributed by atoms with van der Waals surface area (Å²) in [4.78, 5) is 27.5. The number of carbonyl (C=O) groups is 1. The number of para-hydroxylation sites is 1. The summed E-state index contributed by atoms with van der Waals surface area (Å²) in [5, 5.41) is 4.56. The molecule has 0 atom stereocenters. The Bertz CT molecular complexity index is 770. The summed E-state index contributed by atoms with van der Waals surface area (Å²) < 4.78 is 0. The second-order valence-electron chi connectivity index (χ2n) is 7.37. The number of anilines is 1. The zero-order valence-electron chi connectivity index (χ0n) is 16.6. The van der Waals surface area contributed by atoms with Gasteiger partial charge in [0.1, 0.15) is 11.6 Å². The largest absolute Gasteiger partial charge is 0.369 e. The quantitative estimate of drug-likeness (QED) is 0.748. The van der Waals surface area contributed by atoms with Gasteiger partial charge in [-0.15, -0.1) is 0 Å². The van der Waals surface area contributed by atoms with Crippen molar-refractivity contribution in [3.05, 3.63) is 30.1 Å². The average molecular weight is 371 g/mol. The molecule has 7 heteroatoms. The molecule has 1 aromatic carbocycles. The molecular weight excluding hydrogens is 340 g/mol. The minimum absolute atomic E-state index is 0.154. The number of aromatic nitrogens is 2. The molecule has 27 heavy (non-hydrogen) atoms. The summed E-state index contributed by atoms with van der Waals surface area (Å²) in [5.74, 6) is 1.90. The predicted molar refractivity (Wildman–Crippen MR) is 109 cm³/mol. The Morgan fingerprint density at radius 3 is 2.59 bits per heavy atom. The first-order chi connectivity index (χ1) is 13.0. The maximum Gasteiger partial charge on any atom is 0.219 e. The van der Waals surface area contributed by atoms with Gasteiger partial charge in [0.25, 0.3) is 0 Å². The third-order valence-corrected chi connectivity index (χ3v) is 4.91. The van der Waals surface area contributed by atoms with E-state index in [0.717, 1.165) is 68.2 Å². The van der Waals surface area contributed by atoms with Crippen LogP contribution >= 0.6 is 0 Å². The summed E-state index contributed by atoms with van der Waals surface area (Å²) in [6, 6.07) is 8.15. The molecule has 1 aromatic heterocycles. The van der Waals surface area contributed by atoms with E-state index in [9.17, 15) is 4.79 Å². The minimum atomic E-state index is 0.154. The Morgan fingerprint density at radius 1 is 1.15 bits per heavy atom. The number of nitrogens with zero attached hydrogens (tertiary/aromatic N) is 5. The van der Waals surface area contributed by atoms with Gasteiger partial charge in [-0.3, -0.25) is 9.69 Å². The third-order valence-electron chi connectivity index (χ3n) is 4.91. The lowest BCUT2D eigenvalue weighted by atomic mass is 10.2. The average Bonchev–Trinajstić information content (AvgIpc) is 2.65. The van der Waals surface area contributed by atoms with E-state index in [1.807, 2.05) is 23.1 Å². The summed E-state index contributed by atoms with van der Waals surface area (Å²) in [7, 11) is 4.17. The fraction of sp³-hybridized carbons (Fsp3) is 0.550. The van der Waals surface area contributed by atoms with Crippen LogP contribution in [0.2, 0.25) is 0 Å². The molecule has 1 N–H and O–H groups in total. The van der Waals surface area contributed by atoms with Gasteiger partial charge in [0.2, 0.25) is 5.91 Å². The van der Waals surface area contributed by atoms with Crippen molar-refractivity contribution in [3.63, 3.8) is 0 Å². The van der Waals surface area contributed by atoms with Crippen molar-refractivity contribution in [2.45, 2.75) is 19.9 Å². The van der Waals surface area contributed by atoms with E-state index in [2.05, 4.69) is 35.3 Å². The van der Waals surface area contributed by atoms with E-state index in [0.29, 0.717) is 6.54 Å². The van der Waals surface area contributed by atoms with Crippen LogP contribution in [0.5, 0.6) is 0 Å². The first kappa shape index (κ1) is 19.5. The highest BCUT2D eigenvalue weighted by Gasteiger charge is 2.19. The van der Waals surface area contributed by atoms with E-state index >= 15 is 0 Å². The zero-order chi connectivity index (χ0) is 19.2. The SMILES string of the molecule is CC(=O)N1CCN(Cc2nc(NCCCN(C)C)c3ccccc3n2)CC1. The van der Waals surface area contributed by atoms with E-state index in [-0.39, 0.29) is 5.91 Å². The molecule has 1 fully saturated rings. The molecule has 1 amide bonds. The van der Waals surface area contributed by atoms with Gasteiger partial charge in [0.15, 0.2) is 0 Å². The molecule has 1 saturated heterocycles. The molecule has 7 nitrogen and oxygen atoms in total. The number of nitrogens with one attached hydrogen (secondary N) is 1. The summed E-state index contributed by atoms with van der Waals surface area (Å²) >= 11 is 0. The van der Waals surface area contributed by atoms with Gasteiger partial charge >= 0.3 is 0 Å². The van der Waals surface area contributed by atoms with Gasteiger partial charge in [-0.2, -0.15) is 0 Å².